The zero-order chi connectivity index (χ0) is 20.1. The standard InChI is InChI=1S/C21H19NO5S/c1-22-15-12-16(28(26,27)14-10-6-3-7-11-14)19(22)18(21(24)25)17(20(15)23)13-8-4-2-5-9-13/h2-11,15-17H,12H2,1H3,(H,24,25). The van der Waals surface area contributed by atoms with Crippen molar-refractivity contribution < 1.29 is 23.1 Å². The van der Waals surface area contributed by atoms with Crippen molar-refractivity contribution in [1.82, 2.24) is 4.90 Å². The lowest BCUT2D eigenvalue weighted by Gasteiger charge is -2.33. The normalized spacial score (nSPS) is 24.5. The van der Waals surface area contributed by atoms with Crippen molar-refractivity contribution in [2.75, 3.05) is 7.05 Å². The third kappa shape index (κ3) is 2.65. The molecule has 0 saturated carbocycles. The van der Waals surface area contributed by atoms with Crippen molar-refractivity contribution in [2.45, 2.75) is 28.5 Å². The summed E-state index contributed by atoms with van der Waals surface area (Å²) >= 11 is 0. The minimum atomic E-state index is -3.84. The van der Waals surface area contributed by atoms with Gasteiger partial charge in [-0.3, -0.25) is 4.79 Å². The van der Waals surface area contributed by atoms with E-state index in [1.807, 2.05) is 0 Å². The molecule has 0 amide bonds. The largest absolute Gasteiger partial charge is 0.478 e. The van der Waals surface area contributed by atoms with E-state index in [4.69, 9.17) is 0 Å². The molecule has 1 fully saturated rings. The van der Waals surface area contributed by atoms with E-state index < -0.39 is 33.0 Å². The molecule has 0 radical (unpaired) electrons. The second-order valence-corrected chi connectivity index (χ2v) is 9.19. The number of carbonyl (C=O) groups is 2. The van der Waals surface area contributed by atoms with E-state index >= 15 is 0 Å². The minimum Gasteiger partial charge on any atom is -0.478 e. The molecule has 4 rings (SSSR count). The first kappa shape index (κ1) is 18.4. The molecule has 2 heterocycles. The molecule has 2 aliphatic heterocycles. The Morgan fingerprint density at radius 2 is 1.61 bits per heavy atom. The molecule has 2 aromatic rings. The highest BCUT2D eigenvalue weighted by atomic mass is 32.2. The number of hydrogen-bond acceptors (Lipinski definition) is 5. The molecule has 2 bridgehead atoms. The number of Topliss-reactive ketones (excluding diaryl/α,β-unsaturated/α-hetero) is 1. The van der Waals surface area contributed by atoms with Gasteiger partial charge in [0, 0.05) is 12.7 Å². The molecule has 7 heteroatoms. The maximum atomic E-state index is 13.3. The minimum absolute atomic E-state index is 0.0575. The smallest absolute Gasteiger partial charge is 0.334 e. The quantitative estimate of drug-likeness (QED) is 0.851. The van der Waals surface area contributed by atoms with Crippen LogP contribution in [0, 0.1) is 0 Å². The lowest BCUT2D eigenvalue weighted by molar-refractivity contribution is -0.135. The van der Waals surface area contributed by atoms with Gasteiger partial charge in [-0.05, 0) is 24.1 Å². The molecule has 6 nitrogen and oxygen atoms in total. The van der Waals surface area contributed by atoms with Gasteiger partial charge in [-0.1, -0.05) is 48.5 Å². The topological polar surface area (TPSA) is 91.8 Å². The van der Waals surface area contributed by atoms with E-state index in [0.29, 0.717) is 5.56 Å². The highest BCUT2D eigenvalue weighted by Crippen LogP contribution is 2.46. The molecule has 2 aromatic carbocycles. The van der Waals surface area contributed by atoms with Crippen LogP contribution in [0.15, 0.2) is 76.8 Å². The third-order valence-electron chi connectivity index (χ3n) is 5.58. The summed E-state index contributed by atoms with van der Waals surface area (Å²) in [6.45, 7) is 0. The first-order valence-electron chi connectivity index (χ1n) is 8.92. The Balaban J connectivity index is 1.93. The number of hydrogen-bond donors (Lipinski definition) is 1. The number of carboxylic acid groups (broad SMARTS) is 1. The number of carboxylic acids is 1. The number of benzene rings is 2. The van der Waals surface area contributed by atoms with Crippen molar-refractivity contribution >= 4 is 21.6 Å². The lowest BCUT2D eigenvalue weighted by atomic mass is 9.82. The summed E-state index contributed by atoms with van der Waals surface area (Å²) in [4.78, 5) is 27.0. The van der Waals surface area contributed by atoms with Gasteiger partial charge in [-0.15, -0.1) is 0 Å². The summed E-state index contributed by atoms with van der Waals surface area (Å²) in [6, 6.07) is 16.0. The summed E-state index contributed by atoms with van der Waals surface area (Å²) in [5.41, 5.74) is 0.644. The Morgan fingerprint density at radius 1 is 1.04 bits per heavy atom. The second kappa shape index (κ2) is 6.60. The highest BCUT2D eigenvalue weighted by molar-refractivity contribution is 7.92. The Bertz CT molecular complexity index is 1080. The van der Waals surface area contributed by atoms with Crippen molar-refractivity contribution in [2.24, 2.45) is 0 Å². The van der Waals surface area contributed by atoms with E-state index in [-0.39, 0.29) is 28.4 Å². The molecule has 3 atom stereocenters. The van der Waals surface area contributed by atoms with Crippen molar-refractivity contribution in [3.05, 3.63) is 77.5 Å². The van der Waals surface area contributed by atoms with Crippen LogP contribution in [0.5, 0.6) is 0 Å². The van der Waals surface area contributed by atoms with Crippen molar-refractivity contribution in [3.63, 3.8) is 0 Å². The molecule has 3 unspecified atom stereocenters. The summed E-state index contributed by atoms with van der Waals surface area (Å²) in [5.74, 6) is -2.51. The third-order valence-corrected chi connectivity index (χ3v) is 7.67. The van der Waals surface area contributed by atoms with Crippen LogP contribution in [0.3, 0.4) is 0 Å². The zero-order valence-electron chi connectivity index (χ0n) is 15.1. The summed E-state index contributed by atoms with van der Waals surface area (Å²) in [6.07, 6.45) is 0.0575. The van der Waals surface area contributed by atoms with E-state index in [1.54, 1.807) is 55.6 Å². The van der Waals surface area contributed by atoms with Gasteiger partial charge >= 0.3 is 5.97 Å². The van der Waals surface area contributed by atoms with Crippen LogP contribution in [0.4, 0.5) is 0 Å². The molecule has 1 saturated heterocycles. The van der Waals surface area contributed by atoms with Gasteiger partial charge < -0.3 is 10.0 Å². The van der Waals surface area contributed by atoms with Gasteiger partial charge in [0.1, 0.15) is 5.25 Å². The Hall–Kier alpha value is -2.93. The Morgan fingerprint density at radius 3 is 2.18 bits per heavy atom. The van der Waals surface area contributed by atoms with Gasteiger partial charge in [0.15, 0.2) is 15.6 Å². The SMILES string of the molecule is CN1C2=C(C(=O)O)C(c3ccccc3)C(=O)C1CC2S(=O)(=O)c1ccccc1. The zero-order valence-corrected chi connectivity index (χ0v) is 16.0. The van der Waals surface area contributed by atoms with E-state index in [1.165, 1.54) is 17.0 Å². The fourth-order valence-corrected chi connectivity index (χ4v) is 6.17. The molecule has 0 spiro atoms. The molecule has 0 aliphatic carbocycles. The van der Waals surface area contributed by atoms with Gasteiger partial charge in [-0.2, -0.15) is 0 Å². The molecule has 144 valence electrons. The Kier molecular flexibility index (Phi) is 4.34. The molecule has 2 aliphatic rings. The van der Waals surface area contributed by atoms with Crippen LogP contribution in [-0.2, 0) is 19.4 Å². The fraction of sp³-hybridized carbons (Fsp3) is 0.238. The van der Waals surface area contributed by atoms with Gasteiger partial charge in [-0.25, -0.2) is 13.2 Å². The predicted molar refractivity (Wildman–Crippen MR) is 102 cm³/mol. The van der Waals surface area contributed by atoms with Crippen LogP contribution in [0.2, 0.25) is 0 Å². The highest BCUT2D eigenvalue weighted by Gasteiger charge is 2.54. The maximum absolute atomic E-state index is 13.3. The number of fused-ring (bicyclic) bond motifs is 2. The number of carbonyl (C=O) groups excluding carboxylic acids is 1. The van der Waals surface area contributed by atoms with Gasteiger partial charge in [0.05, 0.1) is 22.4 Å². The van der Waals surface area contributed by atoms with Crippen molar-refractivity contribution in [3.8, 4) is 0 Å². The van der Waals surface area contributed by atoms with E-state index in [0.717, 1.165) is 0 Å². The number of rotatable bonds is 4. The first-order chi connectivity index (χ1) is 13.3. The maximum Gasteiger partial charge on any atom is 0.334 e. The number of aliphatic carboxylic acids is 1. The van der Waals surface area contributed by atoms with Crippen LogP contribution < -0.4 is 0 Å². The average molecular weight is 397 g/mol. The fourth-order valence-electron chi connectivity index (χ4n) is 4.28. The second-order valence-electron chi connectivity index (χ2n) is 7.06. The number of sulfone groups is 1. The molecular formula is C21H19NO5S. The van der Waals surface area contributed by atoms with Gasteiger partial charge in [0.2, 0.25) is 0 Å². The van der Waals surface area contributed by atoms with Crippen LogP contribution in [0.25, 0.3) is 0 Å². The lowest BCUT2D eigenvalue weighted by Crippen LogP contribution is -2.42. The number of likely N-dealkylation sites (N-methyl/N-ethyl adjacent to an activating group) is 1. The average Bonchev–Trinajstić information content (AvgIpc) is 2.96. The van der Waals surface area contributed by atoms with E-state index in [9.17, 15) is 23.1 Å². The van der Waals surface area contributed by atoms with Crippen LogP contribution >= 0.6 is 0 Å². The molecule has 0 aromatic heterocycles. The van der Waals surface area contributed by atoms with Crippen molar-refractivity contribution in [1.29, 1.82) is 0 Å². The number of nitrogens with zero attached hydrogens (tertiary/aromatic N) is 1. The summed E-state index contributed by atoms with van der Waals surface area (Å²) in [7, 11) is -2.24. The van der Waals surface area contributed by atoms with Crippen LogP contribution in [-0.4, -0.2) is 48.5 Å². The molecular weight excluding hydrogens is 378 g/mol. The monoisotopic (exact) mass is 397 g/mol. The molecule has 1 N–H and O–H groups in total. The van der Waals surface area contributed by atoms with Crippen LogP contribution in [0.1, 0.15) is 17.9 Å². The summed E-state index contributed by atoms with van der Waals surface area (Å²) < 4.78 is 26.6. The van der Waals surface area contributed by atoms with E-state index in [2.05, 4.69) is 0 Å². The van der Waals surface area contributed by atoms with Gasteiger partial charge in [0.25, 0.3) is 0 Å². The summed E-state index contributed by atoms with van der Waals surface area (Å²) in [5, 5.41) is 8.89. The molecule has 28 heavy (non-hydrogen) atoms. The number of ketones is 1. The Labute approximate surface area is 163 Å². The first-order valence-corrected chi connectivity index (χ1v) is 10.5. The predicted octanol–water partition coefficient (Wildman–Crippen LogP) is 2.24.